The van der Waals surface area contributed by atoms with E-state index in [1.807, 2.05) is 7.05 Å². The van der Waals surface area contributed by atoms with Crippen molar-refractivity contribution in [3.63, 3.8) is 0 Å². The number of carbonyl (C=O) groups excluding carboxylic acids is 1. The average Bonchev–Trinajstić information content (AvgIpc) is 2.53. The summed E-state index contributed by atoms with van der Waals surface area (Å²) in [7, 11) is 2.03. The lowest BCUT2D eigenvalue weighted by atomic mass is 9.86. The van der Waals surface area contributed by atoms with E-state index < -0.39 is 0 Å². The molecule has 3 nitrogen and oxygen atoms in total. The zero-order valence-electron chi connectivity index (χ0n) is 14.3. The minimum Gasteiger partial charge on any atom is -0.342 e. The fourth-order valence-corrected chi connectivity index (χ4v) is 4.06. The molecule has 0 bridgehead atoms. The Kier molecular flexibility index (Phi) is 6.53. The topological polar surface area (TPSA) is 23.6 Å². The van der Waals surface area contributed by atoms with Gasteiger partial charge >= 0.3 is 0 Å². The minimum absolute atomic E-state index is 0.335. The second-order valence-corrected chi connectivity index (χ2v) is 7.27. The number of likely N-dealkylation sites (N-methyl/N-ethyl adjacent to an activating group) is 2. The van der Waals surface area contributed by atoms with Crippen LogP contribution < -0.4 is 0 Å². The molecule has 3 heteroatoms. The second kappa shape index (κ2) is 8.17. The Morgan fingerprint density at radius 3 is 2.14 bits per heavy atom. The Morgan fingerprint density at radius 2 is 1.57 bits per heavy atom. The predicted molar refractivity (Wildman–Crippen MR) is 88.3 cm³/mol. The molecule has 0 aromatic heterocycles. The zero-order chi connectivity index (χ0) is 15.2. The highest BCUT2D eigenvalue weighted by Crippen LogP contribution is 2.27. The SMILES string of the molecule is CCN(CC(=O)N(C)C1CCC(C)CC1)C1CCCCC1. The summed E-state index contributed by atoms with van der Waals surface area (Å²) in [5, 5.41) is 0. The number of hydrogen-bond donors (Lipinski definition) is 0. The lowest BCUT2D eigenvalue weighted by Crippen LogP contribution is -2.47. The van der Waals surface area contributed by atoms with Crippen LogP contribution in [0.4, 0.5) is 0 Å². The average molecular weight is 294 g/mol. The van der Waals surface area contributed by atoms with Gasteiger partial charge in [-0.2, -0.15) is 0 Å². The summed E-state index contributed by atoms with van der Waals surface area (Å²) < 4.78 is 0. The van der Waals surface area contributed by atoms with E-state index in [-0.39, 0.29) is 0 Å². The maximum atomic E-state index is 12.6. The molecule has 0 N–H and O–H groups in total. The van der Waals surface area contributed by atoms with Crippen molar-refractivity contribution in [3.8, 4) is 0 Å². The highest BCUT2D eigenvalue weighted by atomic mass is 16.2. The molecule has 0 spiro atoms. The predicted octanol–water partition coefficient (Wildman–Crippen LogP) is 3.68. The summed E-state index contributed by atoms with van der Waals surface area (Å²) in [5.41, 5.74) is 0. The van der Waals surface area contributed by atoms with Gasteiger partial charge in [0.1, 0.15) is 0 Å². The standard InChI is InChI=1S/C18H34N2O/c1-4-20(17-8-6-5-7-9-17)14-18(21)19(3)16-12-10-15(2)11-13-16/h15-17H,4-14H2,1-3H3. The van der Waals surface area contributed by atoms with E-state index in [1.54, 1.807) is 0 Å². The molecule has 0 aliphatic heterocycles. The van der Waals surface area contributed by atoms with Gasteiger partial charge in [-0.3, -0.25) is 9.69 Å². The van der Waals surface area contributed by atoms with Crippen molar-refractivity contribution in [2.75, 3.05) is 20.1 Å². The van der Waals surface area contributed by atoms with Crippen LogP contribution in [0.3, 0.4) is 0 Å². The molecule has 2 saturated carbocycles. The zero-order valence-corrected chi connectivity index (χ0v) is 14.3. The smallest absolute Gasteiger partial charge is 0.236 e. The summed E-state index contributed by atoms with van der Waals surface area (Å²) in [6, 6.07) is 1.13. The quantitative estimate of drug-likeness (QED) is 0.772. The van der Waals surface area contributed by atoms with Crippen LogP contribution in [-0.4, -0.2) is 47.9 Å². The third-order valence-corrected chi connectivity index (χ3v) is 5.76. The lowest BCUT2D eigenvalue weighted by Gasteiger charge is -2.37. The first kappa shape index (κ1) is 16.8. The number of hydrogen-bond acceptors (Lipinski definition) is 2. The van der Waals surface area contributed by atoms with Crippen molar-refractivity contribution in [1.82, 2.24) is 9.80 Å². The molecule has 0 atom stereocenters. The largest absolute Gasteiger partial charge is 0.342 e. The van der Waals surface area contributed by atoms with E-state index in [0.29, 0.717) is 24.5 Å². The monoisotopic (exact) mass is 294 g/mol. The molecule has 2 rings (SSSR count). The number of carbonyl (C=O) groups is 1. The van der Waals surface area contributed by atoms with Gasteiger partial charge in [0, 0.05) is 19.1 Å². The maximum Gasteiger partial charge on any atom is 0.236 e. The summed E-state index contributed by atoms with van der Waals surface area (Å²) in [4.78, 5) is 17.1. The first-order valence-electron chi connectivity index (χ1n) is 9.11. The van der Waals surface area contributed by atoms with Crippen molar-refractivity contribution in [1.29, 1.82) is 0 Å². The Balaban J connectivity index is 1.83. The highest BCUT2D eigenvalue weighted by molar-refractivity contribution is 5.78. The van der Waals surface area contributed by atoms with E-state index >= 15 is 0 Å². The minimum atomic E-state index is 0.335. The van der Waals surface area contributed by atoms with Gasteiger partial charge in [-0.25, -0.2) is 0 Å². The van der Waals surface area contributed by atoms with E-state index in [0.717, 1.165) is 12.5 Å². The van der Waals surface area contributed by atoms with Crippen LogP contribution in [0.25, 0.3) is 0 Å². The van der Waals surface area contributed by atoms with Gasteiger partial charge in [0.25, 0.3) is 0 Å². The number of amides is 1. The first-order valence-corrected chi connectivity index (χ1v) is 9.11. The molecule has 0 aromatic rings. The molecule has 0 aromatic carbocycles. The Morgan fingerprint density at radius 1 is 0.952 bits per heavy atom. The summed E-state index contributed by atoms with van der Waals surface area (Å²) in [5.74, 6) is 1.18. The van der Waals surface area contributed by atoms with Gasteiger partial charge in [0.2, 0.25) is 5.91 Å². The molecule has 0 heterocycles. The molecular weight excluding hydrogens is 260 g/mol. The maximum absolute atomic E-state index is 12.6. The highest BCUT2D eigenvalue weighted by Gasteiger charge is 2.27. The molecule has 0 saturated heterocycles. The van der Waals surface area contributed by atoms with Gasteiger partial charge in [0.15, 0.2) is 0 Å². The fourth-order valence-electron chi connectivity index (χ4n) is 4.06. The molecule has 122 valence electrons. The molecule has 0 unspecified atom stereocenters. The lowest BCUT2D eigenvalue weighted by molar-refractivity contribution is -0.134. The second-order valence-electron chi connectivity index (χ2n) is 7.27. The van der Waals surface area contributed by atoms with Gasteiger partial charge < -0.3 is 4.90 Å². The summed E-state index contributed by atoms with van der Waals surface area (Å²) in [6.45, 7) is 6.17. The normalized spacial score (nSPS) is 27.8. The van der Waals surface area contributed by atoms with Crippen LogP contribution in [0, 0.1) is 5.92 Å². The van der Waals surface area contributed by atoms with Gasteiger partial charge in [0.05, 0.1) is 6.54 Å². The number of rotatable bonds is 5. The van der Waals surface area contributed by atoms with Crippen LogP contribution in [0.5, 0.6) is 0 Å². The Labute approximate surface area is 131 Å². The molecule has 2 aliphatic carbocycles. The van der Waals surface area contributed by atoms with Gasteiger partial charge in [-0.15, -0.1) is 0 Å². The third kappa shape index (κ3) is 4.70. The van der Waals surface area contributed by atoms with Crippen LogP contribution in [0.15, 0.2) is 0 Å². The van der Waals surface area contributed by atoms with Crippen molar-refractivity contribution in [2.45, 2.75) is 83.7 Å². The van der Waals surface area contributed by atoms with Crippen molar-refractivity contribution in [2.24, 2.45) is 5.92 Å². The molecule has 1 amide bonds. The molecule has 2 fully saturated rings. The van der Waals surface area contributed by atoms with Crippen molar-refractivity contribution < 1.29 is 4.79 Å². The fraction of sp³-hybridized carbons (Fsp3) is 0.944. The van der Waals surface area contributed by atoms with E-state index in [9.17, 15) is 4.79 Å². The molecule has 2 aliphatic rings. The van der Waals surface area contributed by atoms with Crippen molar-refractivity contribution in [3.05, 3.63) is 0 Å². The van der Waals surface area contributed by atoms with Crippen molar-refractivity contribution >= 4 is 5.91 Å². The van der Waals surface area contributed by atoms with Crippen LogP contribution in [-0.2, 0) is 4.79 Å². The Bertz CT molecular complexity index is 317. The molecule has 21 heavy (non-hydrogen) atoms. The molecule has 0 radical (unpaired) electrons. The number of nitrogens with zero attached hydrogens (tertiary/aromatic N) is 2. The first-order chi connectivity index (χ1) is 10.1. The van der Waals surface area contributed by atoms with E-state index in [2.05, 4.69) is 23.6 Å². The van der Waals surface area contributed by atoms with E-state index in [1.165, 1.54) is 57.8 Å². The summed E-state index contributed by atoms with van der Waals surface area (Å²) >= 11 is 0. The van der Waals surface area contributed by atoms with Gasteiger partial charge in [-0.05, 0) is 51.0 Å². The van der Waals surface area contributed by atoms with Gasteiger partial charge in [-0.1, -0.05) is 33.1 Å². The van der Waals surface area contributed by atoms with Crippen LogP contribution in [0.1, 0.15) is 71.6 Å². The Hall–Kier alpha value is -0.570. The third-order valence-electron chi connectivity index (χ3n) is 5.76. The van der Waals surface area contributed by atoms with E-state index in [4.69, 9.17) is 0 Å². The summed E-state index contributed by atoms with van der Waals surface area (Å²) in [6.07, 6.45) is 11.6. The molecular formula is C18H34N2O. The van der Waals surface area contributed by atoms with Crippen LogP contribution >= 0.6 is 0 Å². The van der Waals surface area contributed by atoms with Crippen LogP contribution in [0.2, 0.25) is 0 Å².